The molecule has 5 N–H and O–H groups in total. The van der Waals surface area contributed by atoms with Gasteiger partial charge >= 0.3 is 6.03 Å². The molecule has 0 radical (unpaired) electrons. The Morgan fingerprint density at radius 3 is 2.61 bits per heavy atom. The molecule has 2 amide bonds. The third-order valence-corrected chi connectivity index (χ3v) is 4.15. The fraction of sp³-hybridized carbons (Fsp3) is 0.533. The summed E-state index contributed by atoms with van der Waals surface area (Å²) in [6.07, 6.45) is -1.83. The number of fused-ring (bicyclic) bond motifs is 1. The summed E-state index contributed by atoms with van der Waals surface area (Å²) in [5, 5.41) is 34.0. The SMILES string of the molecule is O=C(Nc1ccc2c(c1)OCCO2)NC1CC(CO)C(O)C1O. The van der Waals surface area contributed by atoms with Crippen molar-refractivity contribution in [3.05, 3.63) is 18.2 Å². The minimum Gasteiger partial charge on any atom is -0.486 e. The average Bonchev–Trinajstić information content (AvgIpc) is 2.82. The number of aliphatic hydroxyl groups excluding tert-OH is 3. The molecule has 1 aliphatic heterocycles. The van der Waals surface area contributed by atoms with Crippen molar-refractivity contribution >= 4 is 11.7 Å². The number of carbonyl (C=O) groups excluding carboxylic acids is 1. The molecule has 1 aromatic rings. The molecule has 126 valence electrons. The summed E-state index contributed by atoms with van der Waals surface area (Å²) in [5.41, 5.74) is 0.526. The molecule has 8 heteroatoms. The molecular formula is C15H20N2O6. The smallest absolute Gasteiger partial charge is 0.319 e. The van der Waals surface area contributed by atoms with E-state index in [1.54, 1.807) is 18.2 Å². The summed E-state index contributed by atoms with van der Waals surface area (Å²) in [7, 11) is 0. The molecule has 1 saturated carbocycles. The van der Waals surface area contributed by atoms with E-state index < -0.39 is 30.2 Å². The van der Waals surface area contributed by atoms with Gasteiger partial charge in [0.15, 0.2) is 11.5 Å². The molecule has 2 aliphatic rings. The number of hydrogen-bond donors (Lipinski definition) is 5. The first-order chi connectivity index (χ1) is 11.1. The Hall–Kier alpha value is -2.03. The molecule has 23 heavy (non-hydrogen) atoms. The third-order valence-electron chi connectivity index (χ3n) is 4.15. The summed E-state index contributed by atoms with van der Waals surface area (Å²) < 4.78 is 10.8. The van der Waals surface area contributed by atoms with E-state index in [4.69, 9.17) is 14.6 Å². The number of aliphatic hydroxyl groups is 3. The molecule has 0 spiro atoms. The average molecular weight is 324 g/mol. The van der Waals surface area contributed by atoms with Gasteiger partial charge in [-0.1, -0.05) is 0 Å². The second-order valence-electron chi connectivity index (χ2n) is 5.72. The molecule has 1 fully saturated rings. The van der Waals surface area contributed by atoms with E-state index in [0.29, 0.717) is 36.8 Å². The first-order valence-electron chi connectivity index (χ1n) is 7.52. The number of carbonyl (C=O) groups is 1. The van der Waals surface area contributed by atoms with Crippen LogP contribution in [0.25, 0.3) is 0 Å². The number of anilines is 1. The van der Waals surface area contributed by atoms with E-state index in [2.05, 4.69) is 10.6 Å². The van der Waals surface area contributed by atoms with Crippen LogP contribution >= 0.6 is 0 Å². The van der Waals surface area contributed by atoms with Crippen molar-refractivity contribution in [3.63, 3.8) is 0 Å². The predicted octanol–water partition coefficient (Wildman–Crippen LogP) is -0.318. The van der Waals surface area contributed by atoms with Gasteiger partial charge in [-0.25, -0.2) is 4.79 Å². The van der Waals surface area contributed by atoms with Crippen LogP contribution in [0.2, 0.25) is 0 Å². The largest absolute Gasteiger partial charge is 0.486 e. The van der Waals surface area contributed by atoms with Gasteiger partial charge in [0, 0.05) is 24.3 Å². The number of amides is 2. The maximum Gasteiger partial charge on any atom is 0.319 e. The van der Waals surface area contributed by atoms with Crippen LogP contribution < -0.4 is 20.1 Å². The molecule has 1 aliphatic carbocycles. The highest BCUT2D eigenvalue weighted by atomic mass is 16.6. The number of hydrogen-bond acceptors (Lipinski definition) is 6. The van der Waals surface area contributed by atoms with Gasteiger partial charge in [0.2, 0.25) is 0 Å². The van der Waals surface area contributed by atoms with Gasteiger partial charge in [-0.05, 0) is 18.6 Å². The Morgan fingerprint density at radius 2 is 1.91 bits per heavy atom. The Bertz CT molecular complexity index is 581. The van der Waals surface area contributed by atoms with Crippen molar-refractivity contribution in [2.75, 3.05) is 25.1 Å². The van der Waals surface area contributed by atoms with Crippen molar-refractivity contribution < 1.29 is 29.6 Å². The molecule has 8 nitrogen and oxygen atoms in total. The van der Waals surface area contributed by atoms with Gasteiger partial charge in [-0.3, -0.25) is 0 Å². The maximum absolute atomic E-state index is 12.0. The Morgan fingerprint density at radius 1 is 1.17 bits per heavy atom. The van der Waals surface area contributed by atoms with Gasteiger partial charge in [-0.2, -0.15) is 0 Å². The van der Waals surface area contributed by atoms with Crippen molar-refractivity contribution in [2.45, 2.75) is 24.7 Å². The first-order valence-corrected chi connectivity index (χ1v) is 7.52. The van der Waals surface area contributed by atoms with Crippen molar-refractivity contribution in [3.8, 4) is 11.5 Å². The van der Waals surface area contributed by atoms with Gasteiger partial charge in [0.1, 0.15) is 19.3 Å². The molecule has 4 unspecified atom stereocenters. The zero-order valence-electron chi connectivity index (χ0n) is 12.4. The Kier molecular flexibility index (Phi) is 4.56. The molecule has 1 heterocycles. The topological polar surface area (TPSA) is 120 Å². The summed E-state index contributed by atoms with van der Waals surface area (Å²) in [5.74, 6) is 0.748. The van der Waals surface area contributed by atoms with Gasteiger partial charge < -0.3 is 35.4 Å². The van der Waals surface area contributed by atoms with Crippen LogP contribution in [0.4, 0.5) is 10.5 Å². The van der Waals surface area contributed by atoms with E-state index in [1.165, 1.54) is 0 Å². The molecule has 0 bridgehead atoms. The van der Waals surface area contributed by atoms with Crippen LogP contribution in [0, 0.1) is 5.92 Å². The number of benzene rings is 1. The maximum atomic E-state index is 12.0. The van der Waals surface area contributed by atoms with Gasteiger partial charge in [0.25, 0.3) is 0 Å². The number of rotatable bonds is 3. The number of ether oxygens (including phenoxy) is 2. The lowest BCUT2D eigenvalue weighted by atomic mass is 10.1. The van der Waals surface area contributed by atoms with E-state index in [-0.39, 0.29) is 6.61 Å². The summed E-state index contributed by atoms with van der Waals surface area (Å²) in [6.45, 7) is 0.714. The molecule has 3 rings (SSSR count). The normalized spacial score (nSPS) is 29.2. The van der Waals surface area contributed by atoms with Crippen LogP contribution in [0.5, 0.6) is 11.5 Å². The molecule has 0 saturated heterocycles. The summed E-state index contributed by atoms with van der Waals surface area (Å²) in [4.78, 5) is 12.0. The standard InChI is InChI=1S/C15H20N2O6/c18-7-8-5-10(14(20)13(8)19)17-15(21)16-9-1-2-11-12(6-9)23-4-3-22-11/h1-2,6,8,10,13-14,18-20H,3-5,7H2,(H2,16,17,21). The first kappa shape index (κ1) is 15.9. The lowest BCUT2D eigenvalue weighted by Crippen LogP contribution is -2.44. The second kappa shape index (κ2) is 6.61. The highest BCUT2D eigenvalue weighted by Crippen LogP contribution is 2.32. The lowest BCUT2D eigenvalue weighted by Gasteiger charge is -2.20. The van der Waals surface area contributed by atoms with Crippen molar-refractivity contribution in [1.82, 2.24) is 5.32 Å². The van der Waals surface area contributed by atoms with Crippen LogP contribution in [0.1, 0.15) is 6.42 Å². The minimum absolute atomic E-state index is 0.236. The monoisotopic (exact) mass is 324 g/mol. The Balaban J connectivity index is 1.59. The van der Waals surface area contributed by atoms with E-state index >= 15 is 0 Å². The van der Waals surface area contributed by atoms with Gasteiger partial charge in [0.05, 0.1) is 12.1 Å². The quantitative estimate of drug-likeness (QED) is 0.520. The molecule has 4 atom stereocenters. The number of urea groups is 1. The zero-order valence-corrected chi connectivity index (χ0v) is 12.4. The molecular weight excluding hydrogens is 304 g/mol. The van der Waals surface area contributed by atoms with Crippen LogP contribution in [-0.4, -0.2) is 59.4 Å². The van der Waals surface area contributed by atoms with Crippen LogP contribution in [-0.2, 0) is 0 Å². The highest BCUT2D eigenvalue weighted by molar-refractivity contribution is 5.90. The summed E-state index contributed by atoms with van der Waals surface area (Å²) in [6, 6.07) is 3.93. The molecule has 1 aromatic carbocycles. The summed E-state index contributed by atoms with van der Waals surface area (Å²) >= 11 is 0. The molecule has 0 aromatic heterocycles. The predicted molar refractivity (Wildman–Crippen MR) is 80.6 cm³/mol. The fourth-order valence-electron chi connectivity index (χ4n) is 2.91. The van der Waals surface area contributed by atoms with Crippen LogP contribution in [0.15, 0.2) is 18.2 Å². The fourth-order valence-corrected chi connectivity index (χ4v) is 2.91. The van der Waals surface area contributed by atoms with Crippen LogP contribution in [0.3, 0.4) is 0 Å². The van der Waals surface area contributed by atoms with Gasteiger partial charge in [-0.15, -0.1) is 0 Å². The lowest BCUT2D eigenvalue weighted by molar-refractivity contribution is 0.000965. The van der Waals surface area contributed by atoms with E-state index in [9.17, 15) is 15.0 Å². The number of nitrogens with one attached hydrogen (secondary N) is 2. The minimum atomic E-state index is -1.10. The van der Waals surface area contributed by atoms with E-state index in [0.717, 1.165) is 0 Å². The zero-order chi connectivity index (χ0) is 16.4. The van der Waals surface area contributed by atoms with E-state index in [1.807, 2.05) is 0 Å². The second-order valence-corrected chi connectivity index (χ2v) is 5.72. The Labute approximate surface area is 133 Å². The third kappa shape index (κ3) is 3.34. The van der Waals surface area contributed by atoms with Crippen molar-refractivity contribution in [2.24, 2.45) is 5.92 Å². The highest BCUT2D eigenvalue weighted by Gasteiger charge is 2.41. The van der Waals surface area contributed by atoms with Crippen molar-refractivity contribution in [1.29, 1.82) is 0 Å².